The minimum absolute atomic E-state index is 0.0828. The Balaban J connectivity index is 1.48. The summed E-state index contributed by atoms with van der Waals surface area (Å²) in [5, 5.41) is 9.72. The minimum atomic E-state index is -1.22. The maximum absolute atomic E-state index is 13.6. The number of benzene rings is 4. The number of phenols is 1. The van der Waals surface area contributed by atoms with Crippen molar-refractivity contribution >= 4 is 23.3 Å². The first-order valence-corrected chi connectivity index (χ1v) is 14.4. The van der Waals surface area contributed by atoms with Crippen molar-refractivity contribution < 1.29 is 24.2 Å². The summed E-state index contributed by atoms with van der Waals surface area (Å²) >= 11 is 0. The van der Waals surface area contributed by atoms with E-state index in [0.717, 1.165) is 35.3 Å². The molecule has 0 radical (unpaired) electrons. The lowest BCUT2D eigenvalue weighted by Gasteiger charge is -2.37. The van der Waals surface area contributed by atoms with E-state index < -0.39 is 11.6 Å². The van der Waals surface area contributed by atoms with E-state index in [0.29, 0.717) is 46.8 Å². The summed E-state index contributed by atoms with van der Waals surface area (Å²) in [4.78, 5) is 30.8. The zero-order valence-electron chi connectivity index (χ0n) is 24.3. The van der Waals surface area contributed by atoms with E-state index in [1.165, 1.54) is 0 Å². The van der Waals surface area contributed by atoms with Gasteiger partial charge in [-0.25, -0.2) is 4.79 Å². The van der Waals surface area contributed by atoms with Gasteiger partial charge in [0.15, 0.2) is 5.60 Å². The van der Waals surface area contributed by atoms with Crippen molar-refractivity contribution in [1.29, 1.82) is 0 Å². The second-order valence-corrected chi connectivity index (χ2v) is 11.0. The molecule has 0 fully saturated rings. The van der Waals surface area contributed by atoms with Gasteiger partial charge in [0.1, 0.15) is 17.2 Å². The highest BCUT2D eigenvalue weighted by atomic mass is 16.6. The number of anilines is 2. The summed E-state index contributed by atoms with van der Waals surface area (Å²) < 4.78 is 12.8. The summed E-state index contributed by atoms with van der Waals surface area (Å²) in [6.45, 7) is 7.42. The topological polar surface area (TPSA) is 79.3 Å². The fourth-order valence-electron chi connectivity index (χ4n) is 6.03. The highest BCUT2D eigenvalue weighted by Gasteiger charge is 2.53. The van der Waals surface area contributed by atoms with Gasteiger partial charge in [0.05, 0.1) is 5.56 Å². The average molecular weight is 563 g/mol. The maximum Gasteiger partial charge on any atom is 0.340 e. The molecule has 4 aromatic rings. The number of carbonyl (C=O) groups is 2. The van der Waals surface area contributed by atoms with Crippen LogP contribution in [0.1, 0.15) is 69.7 Å². The van der Waals surface area contributed by atoms with Crippen LogP contribution < -0.4 is 9.64 Å². The van der Waals surface area contributed by atoms with E-state index in [4.69, 9.17) is 9.47 Å². The SMILES string of the molecule is CCCN(CCC)C(=O)c1ccc2c(c1)C(=O)OC21c2ccc(C)cc2Oc2cc(N(C)c3ccc(O)cc3)ccc21. The lowest BCUT2D eigenvalue weighted by Crippen LogP contribution is -2.33. The van der Waals surface area contributed by atoms with Crippen molar-refractivity contribution in [2.45, 2.75) is 39.2 Å². The molecule has 7 heteroatoms. The third kappa shape index (κ3) is 4.36. The normalized spacial score (nSPS) is 16.2. The number of aryl methyl sites for hydroxylation is 1. The number of carbonyl (C=O) groups excluding carboxylic acids is 2. The fourth-order valence-corrected chi connectivity index (χ4v) is 6.03. The number of amides is 1. The Bertz CT molecular complexity index is 1690. The molecule has 2 heterocycles. The number of rotatable bonds is 7. The number of aromatic hydroxyl groups is 1. The standard InChI is InChI=1S/C35H34N2O5/c1-5-17-37(18-6-2)33(39)23-8-15-28-27(20-23)34(40)42-35(28)29-14-7-22(3)19-31(29)41-32-21-25(11-16-30(32)35)36(4)24-9-12-26(38)13-10-24/h7-16,19-21,38H,5-6,17-18H2,1-4H3. The van der Waals surface area contributed by atoms with Gasteiger partial charge in [0.25, 0.3) is 5.91 Å². The molecule has 0 bridgehead atoms. The molecule has 2 aliphatic rings. The predicted molar refractivity (Wildman–Crippen MR) is 162 cm³/mol. The number of nitrogens with zero attached hydrogens (tertiary/aromatic N) is 2. The van der Waals surface area contributed by atoms with Crippen LogP contribution in [0.5, 0.6) is 17.2 Å². The second kappa shape index (κ2) is 10.6. The molecule has 1 amide bonds. The number of hydrogen-bond donors (Lipinski definition) is 1. The van der Waals surface area contributed by atoms with Gasteiger partial charge in [-0.2, -0.15) is 0 Å². The fraction of sp³-hybridized carbons (Fsp3) is 0.257. The van der Waals surface area contributed by atoms with Crippen molar-refractivity contribution in [2.24, 2.45) is 0 Å². The highest BCUT2D eigenvalue weighted by Crippen LogP contribution is 2.57. The van der Waals surface area contributed by atoms with Gasteiger partial charge < -0.3 is 24.4 Å². The van der Waals surface area contributed by atoms with Crippen molar-refractivity contribution in [3.8, 4) is 17.2 Å². The van der Waals surface area contributed by atoms with Gasteiger partial charge >= 0.3 is 5.97 Å². The molecule has 1 spiro atoms. The summed E-state index contributed by atoms with van der Waals surface area (Å²) in [6, 6.07) is 24.1. The lowest BCUT2D eigenvalue weighted by atomic mass is 9.77. The Kier molecular flexibility index (Phi) is 6.89. The molecule has 214 valence electrons. The third-order valence-corrected chi connectivity index (χ3v) is 8.09. The summed E-state index contributed by atoms with van der Waals surface area (Å²) in [7, 11) is 1.94. The molecule has 7 nitrogen and oxygen atoms in total. The molecule has 2 aliphatic heterocycles. The minimum Gasteiger partial charge on any atom is -0.508 e. The smallest absolute Gasteiger partial charge is 0.340 e. The van der Waals surface area contributed by atoms with Crippen LogP contribution >= 0.6 is 0 Å². The first-order chi connectivity index (χ1) is 20.3. The van der Waals surface area contributed by atoms with E-state index >= 15 is 0 Å². The van der Waals surface area contributed by atoms with Crippen LogP contribution in [0, 0.1) is 6.92 Å². The molecule has 0 saturated heterocycles. The number of fused-ring (bicyclic) bond motifs is 6. The molecular weight excluding hydrogens is 528 g/mol. The number of hydrogen-bond acceptors (Lipinski definition) is 6. The zero-order valence-corrected chi connectivity index (χ0v) is 24.3. The Morgan fingerprint density at radius 3 is 2.12 bits per heavy atom. The molecular formula is C35H34N2O5. The van der Waals surface area contributed by atoms with Crippen LogP contribution in [0.2, 0.25) is 0 Å². The van der Waals surface area contributed by atoms with Crippen molar-refractivity contribution in [2.75, 3.05) is 25.0 Å². The van der Waals surface area contributed by atoms with Crippen LogP contribution in [0.25, 0.3) is 0 Å². The third-order valence-electron chi connectivity index (χ3n) is 8.09. The summed E-state index contributed by atoms with van der Waals surface area (Å²) in [5.74, 6) is 0.839. The number of phenolic OH excluding ortho intramolecular Hbond substituents is 1. The van der Waals surface area contributed by atoms with Crippen molar-refractivity contribution in [3.63, 3.8) is 0 Å². The van der Waals surface area contributed by atoms with Crippen LogP contribution in [0.4, 0.5) is 11.4 Å². The molecule has 42 heavy (non-hydrogen) atoms. The van der Waals surface area contributed by atoms with Gasteiger partial charge in [-0.1, -0.05) is 32.0 Å². The van der Waals surface area contributed by atoms with Gasteiger partial charge in [0.2, 0.25) is 0 Å². The largest absolute Gasteiger partial charge is 0.508 e. The summed E-state index contributed by atoms with van der Waals surface area (Å²) in [5.41, 5.74) is 4.57. The highest BCUT2D eigenvalue weighted by molar-refractivity contribution is 6.01. The zero-order chi connectivity index (χ0) is 29.6. The van der Waals surface area contributed by atoms with E-state index in [2.05, 4.69) is 13.8 Å². The average Bonchev–Trinajstić information content (AvgIpc) is 3.28. The second-order valence-electron chi connectivity index (χ2n) is 11.0. The predicted octanol–water partition coefficient (Wildman–Crippen LogP) is 7.30. The first-order valence-electron chi connectivity index (χ1n) is 14.4. The van der Waals surface area contributed by atoms with Gasteiger partial charge in [0, 0.05) is 59.8 Å². The monoisotopic (exact) mass is 562 g/mol. The Morgan fingerprint density at radius 2 is 1.43 bits per heavy atom. The van der Waals surface area contributed by atoms with Crippen molar-refractivity contribution in [3.05, 3.63) is 112 Å². The number of ether oxygens (including phenoxy) is 2. The lowest BCUT2D eigenvalue weighted by molar-refractivity contribution is 0.0224. The van der Waals surface area contributed by atoms with Gasteiger partial charge in [-0.05, 0) is 79.9 Å². The molecule has 4 aromatic carbocycles. The van der Waals surface area contributed by atoms with Crippen LogP contribution in [0.3, 0.4) is 0 Å². The Morgan fingerprint density at radius 1 is 0.810 bits per heavy atom. The Labute approximate surface area is 245 Å². The van der Waals surface area contributed by atoms with Crippen LogP contribution in [-0.4, -0.2) is 42.0 Å². The molecule has 0 aliphatic carbocycles. The van der Waals surface area contributed by atoms with E-state index in [9.17, 15) is 14.7 Å². The maximum atomic E-state index is 13.6. The summed E-state index contributed by atoms with van der Waals surface area (Å²) in [6.07, 6.45) is 1.72. The molecule has 1 atom stereocenters. The van der Waals surface area contributed by atoms with Crippen LogP contribution in [-0.2, 0) is 10.3 Å². The molecule has 6 rings (SSSR count). The van der Waals surface area contributed by atoms with E-state index in [-0.39, 0.29) is 11.7 Å². The van der Waals surface area contributed by atoms with Gasteiger partial charge in [-0.15, -0.1) is 0 Å². The quantitative estimate of drug-likeness (QED) is 0.238. The Hall–Kier alpha value is -4.78. The van der Waals surface area contributed by atoms with Crippen molar-refractivity contribution in [1.82, 2.24) is 4.90 Å². The molecule has 0 saturated carbocycles. The molecule has 1 N–H and O–H groups in total. The van der Waals surface area contributed by atoms with Gasteiger partial charge in [-0.3, -0.25) is 4.79 Å². The number of esters is 1. The van der Waals surface area contributed by atoms with E-state index in [1.807, 2.05) is 78.4 Å². The molecule has 1 unspecified atom stereocenters. The van der Waals surface area contributed by atoms with Crippen LogP contribution in [0.15, 0.2) is 78.9 Å². The van der Waals surface area contributed by atoms with E-state index in [1.54, 1.807) is 24.3 Å². The first kappa shape index (κ1) is 27.4. The molecule has 0 aromatic heterocycles.